The van der Waals surface area contributed by atoms with Gasteiger partial charge in [0.1, 0.15) is 11.5 Å². The van der Waals surface area contributed by atoms with Crippen molar-refractivity contribution in [3.63, 3.8) is 0 Å². The standard InChI is InChI=1S/C9H12N6O/c1-15(5-6-3-11-12-4-6)9(16)7-2-8(10)14-13-7/h2-4H,5H2,1H3,(H,11,12)(H3,10,13,14). The van der Waals surface area contributed by atoms with E-state index in [4.69, 9.17) is 5.73 Å². The van der Waals surface area contributed by atoms with Crippen LogP contribution in [0.25, 0.3) is 0 Å². The second-order valence-electron chi connectivity index (χ2n) is 3.47. The Balaban J connectivity index is 2.05. The number of amides is 1. The number of nitrogens with zero attached hydrogens (tertiary/aromatic N) is 3. The lowest BCUT2D eigenvalue weighted by atomic mass is 10.3. The first-order valence-electron chi connectivity index (χ1n) is 4.71. The molecule has 7 nitrogen and oxygen atoms in total. The molecule has 2 aromatic heterocycles. The number of carbonyl (C=O) groups is 1. The third kappa shape index (κ3) is 2.02. The van der Waals surface area contributed by atoms with Gasteiger partial charge in [0.15, 0.2) is 0 Å². The highest BCUT2D eigenvalue weighted by Gasteiger charge is 2.14. The largest absolute Gasteiger partial charge is 0.382 e. The molecular weight excluding hydrogens is 208 g/mol. The molecule has 84 valence electrons. The molecule has 0 radical (unpaired) electrons. The van der Waals surface area contributed by atoms with Crippen molar-refractivity contribution in [1.82, 2.24) is 25.3 Å². The molecule has 0 saturated carbocycles. The molecule has 0 unspecified atom stereocenters. The van der Waals surface area contributed by atoms with Gasteiger partial charge in [-0.05, 0) is 0 Å². The molecule has 0 atom stereocenters. The number of nitrogens with two attached hydrogens (primary N) is 1. The molecule has 2 aromatic rings. The number of aromatic amines is 2. The molecule has 0 spiro atoms. The van der Waals surface area contributed by atoms with Crippen LogP contribution in [0, 0.1) is 0 Å². The molecule has 0 fully saturated rings. The van der Waals surface area contributed by atoms with E-state index in [-0.39, 0.29) is 5.91 Å². The van der Waals surface area contributed by atoms with Gasteiger partial charge in [0, 0.05) is 31.4 Å². The normalized spacial score (nSPS) is 10.3. The molecule has 0 aliphatic rings. The highest BCUT2D eigenvalue weighted by atomic mass is 16.2. The number of aromatic nitrogens is 4. The van der Waals surface area contributed by atoms with Gasteiger partial charge < -0.3 is 10.6 Å². The second kappa shape index (κ2) is 4.05. The third-order valence-electron chi connectivity index (χ3n) is 2.15. The highest BCUT2D eigenvalue weighted by molar-refractivity contribution is 5.92. The van der Waals surface area contributed by atoms with Gasteiger partial charge in [-0.15, -0.1) is 0 Å². The topological polar surface area (TPSA) is 104 Å². The highest BCUT2D eigenvalue weighted by Crippen LogP contribution is 2.07. The summed E-state index contributed by atoms with van der Waals surface area (Å²) in [6.45, 7) is 0.480. The van der Waals surface area contributed by atoms with Crippen molar-refractivity contribution in [3.05, 3.63) is 29.7 Å². The van der Waals surface area contributed by atoms with Gasteiger partial charge in [0.25, 0.3) is 5.91 Å². The smallest absolute Gasteiger partial charge is 0.271 e. The molecule has 4 N–H and O–H groups in total. The summed E-state index contributed by atoms with van der Waals surface area (Å²) in [4.78, 5) is 13.4. The van der Waals surface area contributed by atoms with Crippen LogP contribution in [-0.2, 0) is 6.54 Å². The zero-order valence-corrected chi connectivity index (χ0v) is 8.77. The maximum absolute atomic E-state index is 11.9. The summed E-state index contributed by atoms with van der Waals surface area (Å²) in [7, 11) is 1.70. The van der Waals surface area contributed by atoms with Crippen LogP contribution in [-0.4, -0.2) is 38.2 Å². The van der Waals surface area contributed by atoms with Gasteiger partial charge in [-0.2, -0.15) is 10.2 Å². The maximum atomic E-state index is 11.9. The zero-order valence-electron chi connectivity index (χ0n) is 8.77. The van der Waals surface area contributed by atoms with Crippen molar-refractivity contribution in [2.45, 2.75) is 6.54 Å². The average molecular weight is 220 g/mol. The molecule has 0 aliphatic carbocycles. The van der Waals surface area contributed by atoms with E-state index in [0.717, 1.165) is 5.56 Å². The maximum Gasteiger partial charge on any atom is 0.271 e. The molecule has 16 heavy (non-hydrogen) atoms. The first-order chi connectivity index (χ1) is 7.66. The van der Waals surface area contributed by atoms with E-state index in [2.05, 4.69) is 20.4 Å². The average Bonchev–Trinajstić information content (AvgIpc) is 2.88. The minimum Gasteiger partial charge on any atom is -0.382 e. The predicted octanol–water partition coefficient (Wildman–Crippen LogP) is -0.0128. The van der Waals surface area contributed by atoms with Gasteiger partial charge in [-0.3, -0.25) is 15.0 Å². The van der Waals surface area contributed by atoms with E-state index in [9.17, 15) is 4.79 Å². The van der Waals surface area contributed by atoms with Crippen molar-refractivity contribution >= 4 is 11.7 Å². The van der Waals surface area contributed by atoms with Gasteiger partial charge in [-0.25, -0.2) is 0 Å². The number of hydrogen-bond donors (Lipinski definition) is 3. The summed E-state index contributed by atoms with van der Waals surface area (Å²) in [6, 6.07) is 1.51. The Morgan fingerprint density at radius 3 is 3.00 bits per heavy atom. The molecule has 2 heterocycles. The quantitative estimate of drug-likeness (QED) is 0.676. The van der Waals surface area contributed by atoms with Crippen molar-refractivity contribution in [1.29, 1.82) is 0 Å². The van der Waals surface area contributed by atoms with Crippen LogP contribution in [0.4, 0.5) is 5.82 Å². The van der Waals surface area contributed by atoms with Gasteiger partial charge >= 0.3 is 0 Å². The lowest BCUT2D eigenvalue weighted by Gasteiger charge is -2.14. The number of carbonyl (C=O) groups excluding carboxylic acids is 1. The first-order valence-corrected chi connectivity index (χ1v) is 4.71. The van der Waals surface area contributed by atoms with E-state index in [1.165, 1.54) is 6.07 Å². The minimum absolute atomic E-state index is 0.162. The van der Waals surface area contributed by atoms with Gasteiger partial charge in [0.05, 0.1) is 6.20 Å². The number of hydrogen-bond acceptors (Lipinski definition) is 4. The number of anilines is 1. The summed E-state index contributed by atoms with van der Waals surface area (Å²) in [6.07, 6.45) is 3.41. The van der Waals surface area contributed by atoms with Crippen LogP contribution in [0.5, 0.6) is 0 Å². The fraction of sp³-hybridized carbons (Fsp3) is 0.222. The van der Waals surface area contributed by atoms with Crippen LogP contribution in [0.2, 0.25) is 0 Å². The zero-order chi connectivity index (χ0) is 11.5. The summed E-state index contributed by atoms with van der Waals surface area (Å²) < 4.78 is 0. The number of nitrogens with one attached hydrogen (secondary N) is 2. The van der Waals surface area contributed by atoms with Crippen LogP contribution < -0.4 is 5.73 Å². The molecule has 0 aromatic carbocycles. The number of nitrogen functional groups attached to an aromatic ring is 1. The Bertz CT molecular complexity index is 474. The molecule has 7 heteroatoms. The summed E-state index contributed by atoms with van der Waals surface area (Å²) in [5.74, 6) is 0.144. The number of rotatable bonds is 3. The Hall–Kier alpha value is -2.31. The summed E-state index contributed by atoms with van der Waals surface area (Å²) >= 11 is 0. The monoisotopic (exact) mass is 220 g/mol. The molecular formula is C9H12N6O. The Labute approximate surface area is 91.6 Å². The van der Waals surface area contributed by atoms with Crippen molar-refractivity contribution in [3.8, 4) is 0 Å². The first kappa shape index (κ1) is 10.2. The molecule has 0 saturated heterocycles. The second-order valence-corrected chi connectivity index (χ2v) is 3.47. The fourth-order valence-corrected chi connectivity index (χ4v) is 1.36. The fourth-order valence-electron chi connectivity index (χ4n) is 1.36. The van der Waals surface area contributed by atoms with E-state index in [1.807, 2.05) is 0 Å². The summed E-state index contributed by atoms with van der Waals surface area (Å²) in [5.41, 5.74) is 6.74. The Kier molecular flexibility index (Phi) is 2.59. The van der Waals surface area contributed by atoms with Crippen molar-refractivity contribution in [2.24, 2.45) is 0 Å². The van der Waals surface area contributed by atoms with Crippen LogP contribution in [0.15, 0.2) is 18.5 Å². The van der Waals surface area contributed by atoms with E-state index in [0.29, 0.717) is 18.1 Å². The van der Waals surface area contributed by atoms with Crippen LogP contribution >= 0.6 is 0 Å². The van der Waals surface area contributed by atoms with Crippen LogP contribution in [0.1, 0.15) is 16.1 Å². The molecule has 1 amide bonds. The third-order valence-corrected chi connectivity index (χ3v) is 2.15. The van der Waals surface area contributed by atoms with E-state index >= 15 is 0 Å². The minimum atomic E-state index is -0.162. The predicted molar refractivity (Wildman–Crippen MR) is 57.4 cm³/mol. The van der Waals surface area contributed by atoms with Gasteiger partial charge in [-0.1, -0.05) is 0 Å². The van der Waals surface area contributed by atoms with E-state index < -0.39 is 0 Å². The molecule has 2 rings (SSSR count). The lowest BCUT2D eigenvalue weighted by molar-refractivity contribution is 0.0779. The molecule has 0 aliphatic heterocycles. The van der Waals surface area contributed by atoms with Crippen molar-refractivity contribution in [2.75, 3.05) is 12.8 Å². The molecule has 0 bridgehead atoms. The van der Waals surface area contributed by atoms with Crippen LogP contribution in [0.3, 0.4) is 0 Å². The van der Waals surface area contributed by atoms with E-state index in [1.54, 1.807) is 24.3 Å². The number of H-pyrrole nitrogens is 2. The summed E-state index contributed by atoms with van der Waals surface area (Å²) in [5, 5.41) is 12.8. The Morgan fingerprint density at radius 1 is 1.62 bits per heavy atom. The Morgan fingerprint density at radius 2 is 2.44 bits per heavy atom. The lowest BCUT2D eigenvalue weighted by Crippen LogP contribution is -2.26. The van der Waals surface area contributed by atoms with Gasteiger partial charge in [0.2, 0.25) is 0 Å². The van der Waals surface area contributed by atoms with Crippen molar-refractivity contribution < 1.29 is 4.79 Å². The SMILES string of the molecule is CN(Cc1cn[nH]c1)C(=O)c1cc(N)n[nH]1.